The molecule has 5 N–H and O–H groups in total. The van der Waals surface area contributed by atoms with E-state index in [0.717, 1.165) is 31.1 Å². The number of carbonyl (C=O) groups is 1. The SMILES string of the molecule is CCOc1ccc(F)c(-c2ccc(N)c(C(=O)Nc3cnccc3N3CCC[C@H](N)C3)n2)c1F. The van der Waals surface area contributed by atoms with Crippen LogP contribution in [0.5, 0.6) is 5.75 Å². The number of carbonyl (C=O) groups excluding carboxylic acids is 1. The summed E-state index contributed by atoms with van der Waals surface area (Å²) >= 11 is 0. The second-order valence-corrected chi connectivity index (χ2v) is 8.00. The Labute approximate surface area is 195 Å². The van der Waals surface area contributed by atoms with Gasteiger partial charge in [-0.25, -0.2) is 13.8 Å². The number of aromatic nitrogens is 2. The Bertz CT molecular complexity index is 1210. The molecule has 178 valence electrons. The van der Waals surface area contributed by atoms with Gasteiger partial charge in [-0.1, -0.05) is 0 Å². The van der Waals surface area contributed by atoms with Crippen LogP contribution in [0.25, 0.3) is 11.3 Å². The number of nitrogen functional groups attached to an aromatic ring is 1. The number of nitrogens with one attached hydrogen (secondary N) is 1. The smallest absolute Gasteiger partial charge is 0.276 e. The number of amides is 1. The lowest BCUT2D eigenvalue weighted by Gasteiger charge is -2.33. The molecule has 2 aromatic heterocycles. The number of ether oxygens (including phenoxy) is 1. The summed E-state index contributed by atoms with van der Waals surface area (Å²) in [6.07, 6.45) is 5.03. The van der Waals surface area contributed by atoms with Gasteiger partial charge >= 0.3 is 0 Å². The summed E-state index contributed by atoms with van der Waals surface area (Å²) in [5, 5.41) is 2.78. The van der Waals surface area contributed by atoms with Gasteiger partial charge in [0.1, 0.15) is 5.82 Å². The third kappa shape index (κ3) is 4.76. The number of anilines is 3. The average Bonchev–Trinajstić information content (AvgIpc) is 2.82. The highest BCUT2D eigenvalue weighted by atomic mass is 19.1. The molecule has 1 aliphatic rings. The molecule has 8 nitrogen and oxygen atoms in total. The molecule has 0 aliphatic carbocycles. The number of piperidine rings is 1. The number of hydrogen-bond acceptors (Lipinski definition) is 7. The topological polar surface area (TPSA) is 119 Å². The van der Waals surface area contributed by atoms with Crippen LogP contribution in [0, 0.1) is 11.6 Å². The van der Waals surface area contributed by atoms with Gasteiger partial charge in [0.15, 0.2) is 17.3 Å². The summed E-state index contributed by atoms with van der Waals surface area (Å²) in [5.74, 6) is -2.47. The van der Waals surface area contributed by atoms with Gasteiger partial charge in [-0.05, 0) is 50.1 Å². The van der Waals surface area contributed by atoms with E-state index in [2.05, 4.69) is 20.2 Å². The van der Waals surface area contributed by atoms with Gasteiger partial charge in [-0.3, -0.25) is 9.78 Å². The van der Waals surface area contributed by atoms with E-state index in [-0.39, 0.29) is 35.5 Å². The minimum atomic E-state index is -0.901. The molecule has 1 amide bonds. The van der Waals surface area contributed by atoms with Crippen LogP contribution in [0.3, 0.4) is 0 Å². The van der Waals surface area contributed by atoms with E-state index in [9.17, 15) is 13.6 Å². The number of benzene rings is 1. The van der Waals surface area contributed by atoms with E-state index < -0.39 is 23.1 Å². The Balaban J connectivity index is 1.66. The minimum Gasteiger partial charge on any atom is -0.491 e. The highest BCUT2D eigenvalue weighted by Gasteiger charge is 2.23. The third-order valence-electron chi connectivity index (χ3n) is 5.60. The van der Waals surface area contributed by atoms with Gasteiger partial charge in [0.05, 0.1) is 41.1 Å². The van der Waals surface area contributed by atoms with Crippen molar-refractivity contribution in [3.63, 3.8) is 0 Å². The number of nitrogens with zero attached hydrogens (tertiary/aromatic N) is 3. The zero-order chi connectivity index (χ0) is 24.2. The van der Waals surface area contributed by atoms with Crippen LogP contribution < -0.4 is 26.4 Å². The second-order valence-electron chi connectivity index (χ2n) is 8.00. The number of nitrogens with two attached hydrogens (primary N) is 2. The van der Waals surface area contributed by atoms with Crippen molar-refractivity contribution >= 4 is 23.0 Å². The maximum atomic E-state index is 14.9. The molecule has 3 aromatic rings. The van der Waals surface area contributed by atoms with Gasteiger partial charge in [-0.2, -0.15) is 0 Å². The molecule has 1 saturated heterocycles. The highest BCUT2D eigenvalue weighted by molar-refractivity contribution is 6.08. The number of rotatable bonds is 6. The van der Waals surface area contributed by atoms with Gasteiger partial charge in [-0.15, -0.1) is 0 Å². The summed E-state index contributed by atoms with van der Waals surface area (Å²) in [7, 11) is 0. The maximum absolute atomic E-state index is 14.9. The minimum absolute atomic E-state index is 0.0386. The Morgan fingerprint density at radius 1 is 1.26 bits per heavy atom. The zero-order valence-corrected chi connectivity index (χ0v) is 18.7. The van der Waals surface area contributed by atoms with Crippen LogP contribution in [0.15, 0.2) is 42.7 Å². The van der Waals surface area contributed by atoms with Crippen molar-refractivity contribution in [2.45, 2.75) is 25.8 Å². The molecule has 1 fully saturated rings. The van der Waals surface area contributed by atoms with Gasteiger partial charge in [0, 0.05) is 25.3 Å². The van der Waals surface area contributed by atoms with Gasteiger partial charge in [0.25, 0.3) is 5.91 Å². The van der Waals surface area contributed by atoms with Crippen molar-refractivity contribution in [1.29, 1.82) is 0 Å². The molecule has 1 aliphatic heterocycles. The Hall–Kier alpha value is -3.79. The van der Waals surface area contributed by atoms with E-state index in [1.807, 2.05) is 0 Å². The molecule has 0 bridgehead atoms. The lowest BCUT2D eigenvalue weighted by Crippen LogP contribution is -2.43. The molecular weight excluding hydrogens is 442 g/mol. The van der Waals surface area contributed by atoms with E-state index in [1.54, 1.807) is 19.2 Å². The average molecular weight is 469 g/mol. The van der Waals surface area contributed by atoms with Crippen molar-refractivity contribution in [2.75, 3.05) is 35.6 Å². The van der Waals surface area contributed by atoms with Crippen molar-refractivity contribution in [3.05, 3.63) is 60.1 Å². The highest BCUT2D eigenvalue weighted by Crippen LogP contribution is 2.32. The van der Waals surface area contributed by atoms with Crippen molar-refractivity contribution < 1.29 is 18.3 Å². The van der Waals surface area contributed by atoms with Crippen LogP contribution in [-0.2, 0) is 0 Å². The Kier molecular flexibility index (Phi) is 6.87. The van der Waals surface area contributed by atoms with Crippen molar-refractivity contribution in [2.24, 2.45) is 5.73 Å². The molecule has 0 spiro atoms. The molecule has 0 radical (unpaired) electrons. The molecule has 0 saturated carbocycles. The van der Waals surface area contributed by atoms with Crippen LogP contribution in [0.4, 0.5) is 25.8 Å². The van der Waals surface area contributed by atoms with Crippen LogP contribution in [0.1, 0.15) is 30.3 Å². The van der Waals surface area contributed by atoms with Crippen molar-refractivity contribution in [1.82, 2.24) is 9.97 Å². The molecule has 4 rings (SSSR count). The number of halogens is 2. The van der Waals surface area contributed by atoms with Crippen LogP contribution in [0.2, 0.25) is 0 Å². The van der Waals surface area contributed by atoms with E-state index in [1.165, 1.54) is 24.4 Å². The van der Waals surface area contributed by atoms with E-state index >= 15 is 0 Å². The predicted octanol–water partition coefficient (Wildman–Crippen LogP) is 3.58. The number of pyridine rings is 2. The van der Waals surface area contributed by atoms with Gasteiger partial charge < -0.3 is 26.4 Å². The fourth-order valence-electron chi connectivity index (χ4n) is 4.00. The molecule has 34 heavy (non-hydrogen) atoms. The normalized spacial score (nSPS) is 15.8. The number of hydrogen-bond donors (Lipinski definition) is 3. The lowest BCUT2D eigenvalue weighted by atomic mass is 10.1. The maximum Gasteiger partial charge on any atom is 0.276 e. The molecule has 0 unspecified atom stereocenters. The Morgan fingerprint density at radius 2 is 2.09 bits per heavy atom. The van der Waals surface area contributed by atoms with Gasteiger partial charge in [0.2, 0.25) is 0 Å². The first-order chi connectivity index (χ1) is 16.4. The first kappa shape index (κ1) is 23.4. The summed E-state index contributed by atoms with van der Waals surface area (Å²) in [5.41, 5.74) is 12.8. The summed E-state index contributed by atoms with van der Waals surface area (Å²) in [4.78, 5) is 23.5. The largest absolute Gasteiger partial charge is 0.491 e. The molecular formula is C24H26F2N6O2. The first-order valence-electron chi connectivity index (χ1n) is 11.0. The quantitative estimate of drug-likeness (QED) is 0.506. The standard InChI is InChI=1S/C24H26F2N6O2/c1-2-34-20-8-5-15(25)21(22(20)26)17-7-6-16(28)23(30-17)24(33)31-18-12-29-10-9-19(18)32-11-3-4-14(27)13-32/h5-10,12,14H,2-4,11,13,27-28H2,1H3,(H,31,33)/t14-/m0/s1. The fraction of sp³-hybridized carbons (Fsp3) is 0.292. The monoisotopic (exact) mass is 468 g/mol. The third-order valence-corrected chi connectivity index (χ3v) is 5.60. The van der Waals surface area contributed by atoms with Crippen molar-refractivity contribution in [3.8, 4) is 17.0 Å². The fourth-order valence-corrected chi connectivity index (χ4v) is 4.00. The molecule has 1 atom stereocenters. The zero-order valence-electron chi connectivity index (χ0n) is 18.7. The van der Waals surface area contributed by atoms with E-state index in [0.29, 0.717) is 12.2 Å². The van der Waals surface area contributed by atoms with E-state index in [4.69, 9.17) is 16.2 Å². The second kappa shape index (κ2) is 10.0. The predicted molar refractivity (Wildman–Crippen MR) is 127 cm³/mol. The first-order valence-corrected chi connectivity index (χ1v) is 11.0. The summed E-state index contributed by atoms with van der Waals surface area (Å²) in [6.45, 7) is 3.35. The summed E-state index contributed by atoms with van der Waals surface area (Å²) < 4.78 is 34.7. The molecule has 10 heteroatoms. The lowest BCUT2D eigenvalue weighted by molar-refractivity contribution is 0.102. The van der Waals surface area contributed by atoms with Crippen LogP contribution >= 0.6 is 0 Å². The summed E-state index contributed by atoms with van der Waals surface area (Å²) in [6, 6.07) is 6.87. The molecule has 1 aromatic carbocycles. The molecule has 3 heterocycles. The Morgan fingerprint density at radius 3 is 2.85 bits per heavy atom. The van der Waals surface area contributed by atoms with Crippen LogP contribution in [-0.4, -0.2) is 41.6 Å².